The lowest BCUT2D eigenvalue weighted by Gasteiger charge is -2.34. The number of aliphatic hydroxyl groups is 1. The molecule has 0 aliphatic heterocycles. The molecule has 2 N–H and O–H groups in total. The van der Waals surface area contributed by atoms with Crippen LogP contribution < -0.4 is 5.32 Å². The molecule has 1 fully saturated rings. The van der Waals surface area contributed by atoms with Gasteiger partial charge in [-0.3, -0.25) is 4.79 Å². The first-order chi connectivity index (χ1) is 13.0. The molecule has 3 unspecified atom stereocenters. The van der Waals surface area contributed by atoms with Crippen molar-refractivity contribution < 1.29 is 9.90 Å². The molecule has 2 aromatic rings. The lowest BCUT2D eigenvalue weighted by molar-refractivity contribution is 0.0894. The van der Waals surface area contributed by atoms with Gasteiger partial charge in [0, 0.05) is 12.6 Å². The van der Waals surface area contributed by atoms with Gasteiger partial charge >= 0.3 is 0 Å². The normalized spacial score (nSPS) is 21.3. The zero-order chi connectivity index (χ0) is 19.4. The van der Waals surface area contributed by atoms with Gasteiger partial charge < -0.3 is 10.4 Å². The van der Waals surface area contributed by atoms with Crippen LogP contribution in [-0.4, -0.2) is 38.3 Å². The number of aryl methyl sites for hydroxylation is 1. The molecule has 0 saturated heterocycles. The van der Waals surface area contributed by atoms with Crippen molar-refractivity contribution in [2.75, 3.05) is 6.61 Å². The van der Waals surface area contributed by atoms with Crippen LogP contribution in [0, 0.1) is 18.8 Å². The van der Waals surface area contributed by atoms with Crippen LogP contribution in [0.15, 0.2) is 12.3 Å². The van der Waals surface area contributed by atoms with Gasteiger partial charge in [0.1, 0.15) is 5.15 Å². The maximum atomic E-state index is 12.8. The van der Waals surface area contributed by atoms with Crippen molar-refractivity contribution >= 4 is 23.2 Å². The zero-order valence-corrected chi connectivity index (χ0v) is 16.9. The minimum absolute atomic E-state index is 0.153. The predicted molar refractivity (Wildman–Crippen MR) is 106 cm³/mol. The van der Waals surface area contributed by atoms with Crippen LogP contribution in [-0.2, 0) is 0 Å². The van der Waals surface area contributed by atoms with E-state index in [-0.39, 0.29) is 18.6 Å². The van der Waals surface area contributed by atoms with Crippen molar-refractivity contribution in [2.24, 2.45) is 11.8 Å². The van der Waals surface area contributed by atoms with Crippen molar-refractivity contribution in [1.29, 1.82) is 0 Å². The predicted octanol–water partition coefficient (Wildman–Crippen LogP) is 3.78. The Hall–Kier alpha value is -1.66. The molecule has 2 aromatic heterocycles. The van der Waals surface area contributed by atoms with Crippen LogP contribution in [0.3, 0.4) is 0 Å². The molecular weight excluding hydrogens is 364 g/mol. The van der Waals surface area contributed by atoms with E-state index in [9.17, 15) is 9.90 Å². The van der Waals surface area contributed by atoms with Crippen molar-refractivity contribution in [1.82, 2.24) is 19.9 Å². The highest BCUT2D eigenvalue weighted by Gasteiger charge is 2.29. The topological polar surface area (TPSA) is 79.5 Å². The number of amides is 1. The zero-order valence-electron chi connectivity index (χ0n) is 16.1. The number of carbonyl (C=O) groups excluding carboxylic acids is 1. The SMILES string of the molecule is CCCC(CCO)C1CCCC(NC(=O)c2cnc3c(C)cc(Cl)nn23)C1. The molecular formula is C20H29ClN4O2. The molecule has 148 valence electrons. The van der Waals surface area contributed by atoms with Crippen LogP contribution in [0.2, 0.25) is 5.15 Å². The van der Waals surface area contributed by atoms with Gasteiger partial charge in [-0.15, -0.1) is 0 Å². The van der Waals surface area contributed by atoms with Crippen LogP contribution in [0.4, 0.5) is 0 Å². The molecule has 6 nitrogen and oxygen atoms in total. The first-order valence-corrected chi connectivity index (χ1v) is 10.3. The van der Waals surface area contributed by atoms with Crippen molar-refractivity contribution in [3.8, 4) is 0 Å². The van der Waals surface area contributed by atoms with E-state index in [0.29, 0.717) is 28.3 Å². The molecule has 1 saturated carbocycles. The van der Waals surface area contributed by atoms with E-state index >= 15 is 0 Å². The van der Waals surface area contributed by atoms with Crippen LogP contribution in [0.1, 0.15) is 67.9 Å². The van der Waals surface area contributed by atoms with Gasteiger partial charge in [-0.25, -0.2) is 9.50 Å². The molecule has 0 radical (unpaired) electrons. The summed E-state index contributed by atoms with van der Waals surface area (Å²) in [5.74, 6) is 0.947. The highest BCUT2D eigenvalue weighted by molar-refractivity contribution is 6.29. The molecule has 0 spiro atoms. The summed E-state index contributed by atoms with van der Waals surface area (Å²) in [5.41, 5.74) is 1.95. The number of halogens is 1. The van der Waals surface area contributed by atoms with E-state index in [1.165, 1.54) is 10.9 Å². The number of fused-ring (bicyclic) bond motifs is 1. The molecule has 2 heterocycles. The maximum absolute atomic E-state index is 12.8. The monoisotopic (exact) mass is 392 g/mol. The number of nitrogens with one attached hydrogen (secondary N) is 1. The fourth-order valence-electron chi connectivity index (χ4n) is 4.44. The van der Waals surface area contributed by atoms with E-state index < -0.39 is 0 Å². The first kappa shape index (κ1) is 20.1. The highest BCUT2D eigenvalue weighted by atomic mass is 35.5. The minimum Gasteiger partial charge on any atom is -0.396 e. The van der Waals surface area contributed by atoms with E-state index in [2.05, 4.69) is 22.3 Å². The third kappa shape index (κ3) is 4.61. The Balaban J connectivity index is 1.70. The maximum Gasteiger partial charge on any atom is 0.271 e. The Morgan fingerprint density at radius 1 is 1.44 bits per heavy atom. The van der Waals surface area contributed by atoms with Gasteiger partial charge in [0.15, 0.2) is 11.3 Å². The summed E-state index contributed by atoms with van der Waals surface area (Å²) in [6.07, 6.45) is 8.94. The summed E-state index contributed by atoms with van der Waals surface area (Å²) in [4.78, 5) is 17.2. The van der Waals surface area contributed by atoms with Gasteiger partial charge in [0.25, 0.3) is 5.91 Å². The quantitative estimate of drug-likeness (QED) is 0.751. The second-order valence-electron chi connectivity index (χ2n) is 7.69. The van der Waals surface area contributed by atoms with E-state index in [0.717, 1.165) is 44.1 Å². The summed E-state index contributed by atoms with van der Waals surface area (Å²) in [5, 5.41) is 17.1. The van der Waals surface area contributed by atoms with Gasteiger partial charge in [0.05, 0.1) is 6.20 Å². The van der Waals surface area contributed by atoms with E-state index in [4.69, 9.17) is 11.6 Å². The lowest BCUT2D eigenvalue weighted by Crippen LogP contribution is -2.40. The summed E-state index contributed by atoms with van der Waals surface area (Å²) >= 11 is 6.05. The summed E-state index contributed by atoms with van der Waals surface area (Å²) in [6, 6.07) is 1.90. The highest BCUT2D eigenvalue weighted by Crippen LogP contribution is 2.34. The van der Waals surface area contributed by atoms with Gasteiger partial charge in [0.2, 0.25) is 0 Å². The van der Waals surface area contributed by atoms with E-state index in [1.807, 2.05) is 6.92 Å². The number of aliphatic hydroxyl groups excluding tert-OH is 1. The Kier molecular flexibility index (Phi) is 6.71. The Morgan fingerprint density at radius 2 is 2.26 bits per heavy atom. The average molecular weight is 393 g/mol. The molecule has 7 heteroatoms. The Morgan fingerprint density at radius 3 is 3.00 bits per heavy atom. The number of rotatable bonds is 7. The molecule has 27 heavy (non-hydrogen) atoms. The van der Waals surface area contributed by atoms with Crippen molar-refractivity contribution in [2.45, 2.75) is 64.8 Å². The van der Waals surface area contributed by atoms with Gasteiger partial charge in [-0.05, 0) is 49.7 Å². The Bertz CT molecular complexity index is 786. The fourth-order valence-corrected chi connectivity index (χ4v) is 4.68. The van der Waals surface area contributed by atoms with Crippen LogP contribution in [0.5, 0.6) is 0 Å². The summed E-state index contributed by atoms with van der Waals surface area (Å²) in [7, 11) is 0. The number of imidazole rings is 1. The molecule has 1 amide bonds. The summed E-state index contributed by atoms with van der Waals surface area (Å²) < 4.78 is 1.53. The van der Waals surface area contributed by atoms with Gasteiger partial charge in [-0.2, -0.15) is 5.10 Å². The Labute approximate surface area is 165 Å². The second kappa shape index (κ2) is 9.02. The number of aromatic nitrogens is 3. The van der Waals surface area contributed by atoms with Crippen LogP contribution >= 0.6 is 11.6 Å². The minimum atomic E-state index is -0.156. The molecule has 1 aliphatic carbocycles. The second-order valence-corrected chi connectivity index (χ2v) is 8.07. The molecule has 3 rings (SSSR count). The smallest absolute Gasteiger partial charge is 0.271 e. The third-order valence-corrected chi connectivity index (χ3v) is 5.92. The lowest BCUT2D eigenvalue weighted by atomic mass is 9.75. The van der Waals surface area contributed by atoms with Crippen molar-refractivity contribution in [3.63, 3.8) is 0 Å². The van der Waals surface area contributed by atoms with Crippen LogP contribution in [0.25, 0.3) is 5.65 Å². The molecule has 3 atom stereocenters. The number of nitrogens with zero attached hydrogens (tertiary/aromatic N) is 3. The molecule has 1 aliphatic rings. The molecule has 0 aromatic carbocycles. The average Bonchev–Trinajstić information content (AvgIpc) is 3.06. The fraction of sp³-hybridized carbons (Fsp3) is 0.650. The largest absolute Gasteiger partial charge is 0.396 e. The first-order valence-electron chi connectivity index (χ1n) is 9.96. The van der Waals surface area contributed by atoms with Gasteiger partial charge in [-0.1, -0.05) is 44.2 Å². The van der Waals surface area contributed by atoms with Crippen molar-refractivity contribution in [3.05, 3.63) is 28.7 Å². The third-order valence-electron chi connectivity index (χ3n) is 5.73. The number of hydrogen-bond acceptors (Lipinski definition) is 4. The molecule has 0 bridgehead atoms. The standard InChI is InChI=1S/C20H29ClN4O2/c1-3-5-14(8-9-26)15-6-4-7-16(11-15)23-20(27)17-12-22-19-13(2)10-18(21)24-25(17)19/h10,12,14-16,26H,3-9,11H2,1-2H3,(H,23,27). The number of carbonyl (C=O) groups is 1. The number of hydrogen-bond donors (Lipinski definition) is 2. The van der Waals surface area contributed by atoms with E-state index in [1.54, 1.807) is 12.3 Å². The summed E-state index contributed by atoms with van der Waals surface area (Å²) in [6.45, 7) is 4.33.